The molecule has 0 aromatic rings. The van der Waals surface area contributed by atoms with Gasteiger partial charge >= 0.3 is 105 Å². The largest absolute Gasteiger partial charge is 0.463 e. The van der Waals surface area contributed by atoms with Crippen molar-refractivity contribution in [1.82, 2.24) is 0 Å². The molecule has 0 spiro atoms. The third-order valence-corrected chi connectivity index (χ3v) is 32.9. The van der Waals surface area contributed by atoms with Crippen molar-refractivity contribution in [3.05, 3.63) is 0 Å². The first-order chi connectivity index (χ1) is 53.4. The molecule has 0 bridgehead atoms. The van der Waals surface area contributed by atoms with Crippen LogP contribution in [0.2, 0.25) is 0 Å². The molecule has 0 aromatic heterocycles. The summed E-state index contributed by atoms with van der Waals surface area (Å²) in [6.45, 7) is 8.96. The van der Waals surface area contributed by atoms with Crippen LogP contribution in [-0.4, -0.2) is 219 Å². The van der Waals surface area contributed by atoms with Crippen LogP contribution >= 0.6 is 45.6 Å². The topological polar surface area (TPSA) is 760 Å². The van der Waals surface area contributed by atoms with E-state index in [4.69, 9.17) is 125 Å². The molecule has 118 heavy (non-hydrogen) atoms. The molecule has 0 saturated carbocycles. The van der Waals surface area contributed by atoms with Gasteiger partial charge in [-0.05, 0) is 138 Å². The Balaban J connectivity index is 10.7. The highest BCUT2D eigenvalue weighted by Gasteiger charge is 2.78. The molecule has 53 heteroatoms. The summed E-state index contributed by atoms with van der Waals surface area (Å²) in [5.74, 6) is -16.9. The summed E-state index contributed by atoms with van der Waals surface area (Å²) in [7, 11) is -44.2. The van der Waals surface area contributed by atoms with E-state index in [0.29, 0.717) is 0 Å². The number of esters is 10. The first kappa shape index (κ1) is 113. The van der Waals surface area contributed by atoms with Gasteiger partial charge < -0.3 is 123 Å². The quantitative estimate of drug-likeness (QED) is 0.0180. The summed E-state index contributed by atoms with van der Waals surface area (Å²) in [5, 5.41) is -0.838. The molecule has 0 aliphatic rings. The van der Waals surface area contributed by atoms with E-state index in [0.717, 1.165) is 69.2 Å². The Morgan fingerprint density at radius 1 is 0.322 bits per heavy atom. The summed E-state index contributed by atoms with van der Waals surface area (Å²) in [6.07, 6.45) is -9.15. The van der Waals surface area contributed by atoms with E-state index in [1.807, 2.05) is 0 Å². The van der Waals surface area contributed by atoms with Crippen LogP contribution in [0.4, 0.5) is 0 Å². The zero-order valence-corrected chi connectivity index (χ0v) is 75.6. The second-order valence-corrected chi connectivity index (χ2v) is 45.1. The summed E-state index contributed by atoms with van der Waals surface area (Å²) in [4.78, 5) is 194. The van der Waals surface area contributed by atoms with Gasteiger partial charge in [-0.25, -0.2) is 9.59 Å². The number of hydrogen-bond donors (Lipinski definition) is 14. The SMILES string of the molecule is CC(C)[C@H](N)C(=O)OC(C)(C)C(=O)OCOP(=O)(O)C(CCCN)(OP(=O)(OCOC(=O)C(C)(C)COC(=O)[C@H](N)C(C)C)C(O)(CCCN)P(=O)(OCOC(=O)C(C)(C)COC(=O)[C@H](N)C(C)C)OCOC(=O)C(C)(C)COC(=O)[C@H](N)C(C)C)P(=O)(OCOC(=O)C(C)(C)OC(=O)[C@@H](N)C(C)C)OC(CCCN)(P(=O)(O)O)P(=O)(O)O. The van der Waals surface area contributed by atoms with Crippen molar-refractivity contribution in [2.75, 3.05) is 73.4 Å². The van der Waals surface area contributed by atoms with Gasteiger partial charge in [0, 0.05) is 19.3 Å². The zero-order chi connectivity index (χ0) is 92.6. The molecule has 690 valence electrons. The molecule has 0 aliphatic carbocycles. The van der Waals surface area contributed by atoms with Crippen LogP contribution < -0.4 is 45.9 Å². The van der Waals surface area contributed by atoms with Crippen molar-refractivity contribution in [3.63, 3.8) is 0 Å². The fourth-order valence-electron chi connectivity index (χ4n) is 8.74. The number of carbonyl (C=O) groups is 10. The molecule has 0 heterocycles. The minimum Gasteiger partial charge on any atom is -0.463 e. The first-order valence-corrected chi connectivity index (χ1v) is 46.2. The van der Waals surface area contributed by atoms with Crippen molar-refractivity contribution in [2.45, 2.75) is 234 Å². The fraction of sp³-hybridized carbons (Fsp3) is 0.846. The van der Waals surface area contributed by atoms with Crippen molar-refractivity contribution in [1.29, 1.82) is 0 Å². The van der Waals surface area contributed by atoms with Gasteiger partial charge in [0.2, 0.25) is 45.2 Å². The number of aliphatic hydroxyl groups is 1. The molecule has 0 fully saturated rings. The van der Waals surface area contributed by atoms with Gasteiger partial charge in [0.1, 0.15) is 50.0 Å². The first-order valence-electron chi connectivity index (χ1n) is 36.7. The van der Waals surface area contributed by atoms with Gasteiger partial charge in [0.25, 0.3) is 15.2 Å². The highest BCUT2D eigenvalue weighted by Crippen LogP contribution is 2.89. The zero-order valence-electron chi connectivity index (χ0n) is 70.3. The lowest BCUT2D eigenvalue weighted by molar-refractivity contribution is -0.185. The Morgan fingerprint density at radius 3 is 0.839 bits per heavy atom. The molecule has 0 aliphatic heterocycles. The van der Waals surface area contributed by atoms with Crippen LogP contribution in [-0.2, 0) is 154 Å². The minimum atomic E-state index is -7.80. The number of carbonyl (C=O) groups excluding carboxylic acids is 10. The average Bonchev–Trinajstić information content (AvgIpc) is 0.698. The Morgan fingerprint density at radius 2 is 0.559 bits per heavy atom. The van der Waals surface area contributed by atoms with Crippen LogP contribution in [0.3, 0.4) is 0 Å². The normalized spacial score (nSPS) is 16.9. The van der Waals surface area contributed by atoms with Crippen molar-refractivity contribution in [2.24, 2.45) is 91.7 Å². The van der Waals surface area contributed by atoms with Gasteiger partial charge in [0.05, 0.1) is 16.2 Å². The predicted molar refractivity (Wildman–Crippen MR) is 413 cm³/mol. The van der Waals surface area contributed by atoms with Crippen LogP contribution in [0, 0.1) is 45.8 Å². The van der Waals surface area contributed by atoms with Crippen LogP contribution in [0.1, 0.15) is 177 Å². The molecule has 22 N–H and O–H groups in total. The standard InChI is InChI=1S/C65H126N8O39P6/c1-38(2)43(69)48(74)96-30-58(11,12)53(79)99-34-105-116(93,106-35-100-54(80)59(13,14)31-97-49(75)44(70)39(3)4)63(84,24-21-27-66)117(94,107-36-101-55(81)60(15,16)32-98-50(76)45(71)40(5)6)112-65(26-23-29-68,115(91,92)104-33-102-56(82)61(17,18)109-51(77)46(72)41(7)8)118(95,111-64(25-22-28-67,113(85,86)87)114(88,89)90)108-37-103-57(83)62(19,20)110-52(78)47(73)42(9)10/h38-47,84H,21-37,66-73H2,1-20H3,(H,91,92)(H2,85,86,87)(H2,88,89,90)/t43-,44-,45-,46+,47+,63?,65?,117?,118?/m1/s1. The fourth-order valence-corrected chi connectivity index (χ4v) is 22.6. The average molecular weight is 1830 g/mol. The Labute approximate surface area is 685 Å². The van der Waals surface area contributed by atoms with Crippen LogP contribution in [0.5, 0.6) is 0 Å². The summed E-state index contributed by atoms with van der Waals surface area (Å²) < 4.78 is 188. The molecule has 5 unspecified atom stereocenters. The van der Waals surface area contributed by atoms with Crippen molar-refractivity contribution >= 4 is 105 Å². The number of hydrogen-bond acceptors (Lipinski definition) is 42. The number of nitrogens with two attached hydrogens (primary N) is 8. The molecule has 0 amide bonds. The summed E-state index contributed by atoms with van der Waals surface area (Å²) >= 11 is 0. The van der Waals surface area contributed by atoms with Crippen LogP contribution in [0.15, 0.2) is 0 Å². The Kier molecular flexibility index (Phi) is 44.4. The lowest BCUT2D eigenvalue weighted by Crippen LogP contribution is -2.46. The molecule has 0 rings (SSSR count). The maximum absolute atomic E-state index is 17.6. The van der Waals surface area contributed by atoms with E-state index in [-0.39, 0.29) is 0 Å². The third kappa shape index (κ3) is 30.9. The second kappa shape index (κ2) is 46.3. The smallest absolute Gasteiger partial charge is 0.380 e. The van der Waals surface area contributed by atoms with E-state index in [9.17, 15) is 86.6 Å². The lowest BCUT2D eigenvalue weighted by Gasteiger charge is -2.47. The molecule has 10 atom stereocenters. The number of rotatable bonds is 57. The number of ether oxygens (including phenoxy) is 10. The second-order valence-electron chi connectivity index (χ2n) is 31.8. The maximum atomic E-state index is 17.6. The van der Waals surface area contributed by atoms with Crippen molar-refractivity contribution in [3.8, 4) is 0 Å². The third-order valence-electron chi connectivity index (χ3n) is 17.4. The van der Waals surface area contributed by atoms with E-state index in [2.05, 4.69) is 0 Å². The van der Waals surface area contributed by atoms with Gasteiger partial charge in [0.15, 0.2) is 0 Å². The Bertz CT molecular complexity index is 3620. The van der Waals surface area contributed by atoms with Gasteiger partial charge in [-0.1, -0.05) is 69.2 Å². The highest BCUT2D eigenvalue weighted by atomic mass is 31.3. The molecular weight excluding hydrogens is 1700 g/mol. The minimum absolute atomic E-state index is 0.522. The lowest BCUT2D eigenvalue weighted by atomic mass is 9.95. The van der Waals surface area contributed by atoms with Crippen molar-refractivity contribution < 1.29 is 184 Å². The van der Waals surface area contributed by atoms with E-state index in [1.165, 1.54) is 41.5 Å². The highest BCUT2D eigenvalue weighted by molar-refractivity contribution is 7.78. The van der Waals surface area contributed by atoms with Gasteiger partial charge in [-0.15, -0.1) is 0 Å². The molecule has 0 saturated heterocycles. The summed E-state index contributed by atoms with van der Waals surface area (Å²) in [5.41, 5.74) is 36.1. The molecule has 0 aromatic carbocycles. The predicted octanol–water partition coefficient (Wildman–Crippen LogP) is 3.16. The molecule has 0 radical (unpaired) electrons. The monoisotopic (exact) mass is 1830 g/mol. The van der Waals surface area contributed by atoms with E-state index in [1.54, 1.807) is 27.7 Å². The van der Waals surface area contributed by atoms with E-state index >= 15 is 18.3 Å². The molecule has 47 nitrogen and oxygen atoms in total. The van der Waals surface area contributed by atoms with Crippen LogP contribution in [0.25, 0.3) is 0 Å². The molecular formula is C65H126N8O39P6. The maximum Gasteiger partial charge on any atom is 0.380 e. The summed E-state index contributed by atoms with van der Waals surface area (Å²) in [6, 6.07) is -6.76. The van der Waals surface area contributed by atoms with Gasteiger partial charge in [-0.3, -0.25) is 97.4 Å². The van der Waals surface area contributed by atoms with Gasteiger partial charge in [-0.2, -0.15) is 0 Å². The van der Waals surface area contributed by atoms with E-state index < -0.39 is 320 Å². The Hall–Kier alpha value is -4.76.